The van der Waals surface area contributed by atoms with Crippen LogP contribution in [0.5, 0.6) is 0 Å². The van der Waals surface area contributed by atoms with E-state index < -0.39 is 17.0 Å². The van der Waals surface area contributed by atoms with E-state index in [0.29, 0.717) is 21.8 Å². The molecule has 0 aliphatic carbocycles. The second-order valence-electron chi connectivity index (χ2n) is 7.44. The molecule has 1 aliphatic heterocycles. The quantitative estimate of drug-likeness (QED) is 0.420. The topological polar surface area (TPSA) is 121 Å². The molecule has 0 atom stereocenters. The van der Waals surface area contributed by atoms with Gasteiger partial charge in [-0.15, -0.1) is 10.2 Å². The molecule has 0 radical (unpaired) electrons. The van der Waals surface area contributed by atoms with E-state index in [9.17, 15) is 14.4 Å². The fourth-order valence-electron chi connectivity index (χ4n) is 3.65. The Morgan fingerprint density at radius 1 is 1.12 bits per heavy atom. The van der Waals surface area contributed by atoms with E-state index in [1.165, 1.54) is 14.1 Å². The average Bonchev–Trinajstić information content (AvgIpc) is 3.45. The lowest BCUT2D eigenvalue weighted by atomic mass is 10.2. The molecule has 0 bridgehead atoms. The zero-order valence-corrected chi connectivity index (χ0v) is 19.2. The van der Waals surface area contributed by atoms with Gasteiger partial charge in [-0.05, 0) is 25.0 Å². The highest BCUT2D eigenvalue weighted by atomic mass is 35.5. The molecule has 3 heterocycles. The highest BCUT2D eigenvalue weighted by Crippen LogP contribution is 2.32. The molecule has 0 spiro atoms. The van der Waals surface area contributed by atoms with E-state index in [1.807, 2.05) is 22.8 Å². The van der Waals surface area contributed by atoms with Crippen molar-refractivity contribution in [1.82, 2.24) is 23.9 Å². The number of para-hydroxylation sites is 1. The maximum atomic E-state index is 12.9. The van der Waals surface area contributed by atoms with Gasteiger partial charge in [-0.1, -0.05) is 35.5 Å². The summed E-state index contributed by atoms with van der Waals surface area (Å²) >= 11 is 7.58. The van der Waals surface area contributed by atoms with Crippen LogP contribution in [0.25, 0.3) is 5.69 Å². The maximum absolute atomic E-state index is 12.9. The summed E-state index contributed by atoms with van der Waals surface area (Å²) in [5.41, 5.74) is 5.09. The summed E-state index contributed by atoms with van der Waals surface area (Å²) < 4.78 is 3.77. The van der Waals surface area contributed by atoms with Crippen LogP contribution in [-0.4, -0.2) is 48.5 Å². The Labute approximate surface area is 192 Å². The van der Waals surface area contributed by atoms with E-state index >= 15 is 0 Å². The third-order valence-corrected chi connectivity index (χ3v) is 6.67. The molecule has 0 unspecified atom stereocenters. The summed E-state index contributed by atoms with van der Waals surface area (Å²) in [6, 6.07) is 7.33. The van der Waals surface area contributed by atoms with E-state index in [1.54, 1.807) is 6.07 Å². The van der Waals surface area contributed by atoms with Crippen molar-refractivity contribution >= 4 is 40.9 Å². The summed E-state index contributed by atoms with van der Waals surface area (Å²) in [5, 5.41) is 9.64. The van der Waals surface area contributed by atoms with Crippen LogP contribution in [0.4, 0.5) is 11.8 Å². The number of Topliss-reactive ketones (excluding diaryl/α,β-unsaturated/α-hetero) is 1. The van der Waals surface area contributed by atoms with Crippen LogP contribution in [0.1, 0.15) is 23.2 Å². The molecule has 4 rings (SSSR count). The summed E-state index contributed by atoms with van der Waals surface area (Å²) in [7, 11) is 2.72. The number of carbonyl (C=O) groups excluding carboxylic acids is 1. The van der Waals surface area contributed by atoms with Crippen LogP contribution in [0.2, 0.25) is 5.02 Å². The first-order valence-corrected chi connectivity index (χ1v) is 11.3. The van der Waals surface area contributed by atoms with Crippen LogP contribution in [-0.2, 0) is 14.1 Å². The van der Waals surface area contributed by atoms with Crippen LogP contribution in [0, 0.1) is 0 Å². The summed E-state index contributed by atoms with van der Waals surface area (Å²) in [6.07, 6.45) is 2.12. The van der Waals surface area contributed by atoms with E-state index in [4.69, 9.17) is 17.3 Å². The lowest BCUT2D eigenvalue weighted by Gasteiger charge is -2.19. The van der Waals surface area contributed by atoms with Gasteiger partial charge in [-0.3, -0.25) is 23.3 Å². The van der Waals surface area contributed by atoms with Crippen LogP contribution in [0.15, 0.2) is 39.0 Å². The van der Waals surface area contributed by atoms with Gasteiger partial charge in [0.25, 0.3) is 5.56 Å². The number of benzene rings is 1. The number of halogens is 1. The Kier molecular flexibility index (Phi) is 6.11. The number of ketones is 1. The second kappa shape index (κ2) is 8.83. The number of aromatic nitrogens is 5. The Hall–Kier alpha value is -3.05. The predicted molar refractivity (Wildman–Crippen MR) is 124 cm³/mol. The molecule has 2 aromatic heterocycles. The largest absolute Gasteiger partial charge is 0.384 e. The molecule has 1 saturated heterocycles. The maximum Gasteiger partial charge on any atom is 0.332 e. The van der Waals surface area contributed by atoms with E-state index in [2.05, 4.69) is 15.1 Å². The Bertz CT molecular complexity index is 1310. The van der Waals surface area contributed by atoms with Gasteiger partial charge in [-0.2, -0.15) is 0 Å². The molecule has 3 aromatic rings. The van der Waals surface area contributed by atoms with Gasteiger partial charge >= 0.3 is 5.69 Å². The highest BCUT2D eigenvalue weighted by molar-refractivity contribution is 7.99. The predicted octanol–water partition coefficient (Wildman–Crippen LogP) is 1.48. The SMILES string of the molecule is Cn1c(N)c(C(=O)CSc2nnc(N3CCCC3)n2-c2ccccc2Cl)c(=O)n(C)c1=O. The third-order valence-electron chi connectivity index (χ3n) is 5.42. The van der Waals surface area contributed by atoms with Crippen LogP contribution in [0.3, 0.4) is 0 Å². The normalized spacial score (nSPS) is 13.7. The smallest absolute Gasteiger partial charge is 0.332 e. The third kappa shape index (κ3) is 3.82. The van der Waals surface area contributed by atoms with Gasteiger partial charge in [0.15, 0.2) is 10.9 Å². The first-order valence-electron chi connectivity index (χ1n) is 9.98. The van der Waals surface area contributed by atoms with Gasteiger partial charge in [0.1, 0.15) is 11.4 Å². The fraction of sp³-hybridized carbons (Fsp3) is 0.350. The molecule has 32 heavy (non-hydrogen) atoms. The van der Waals surface area contributed by atoms with Crippen molar-refractivity contribution < 1.29 is 4.79 Å². The van der Waals surface area contributed by atoms with Gasteiger partial charge < -0.3 is 10.6 Å². The number of nitrogens with zero attached hydrogens (tertiary/aromatic N) is 6. The lowest BCUT2D eigenvalue weighted by molar-refractivity contribution is 0.102. The van der Waals surface area contributed by atoms with Crippen molar-refractivity contribution in [3.8, 4) is 5.69 Å². The van der Waals surface area contributed by atoms with E-state index in [0.717, 1.165) is 46.8 Å². The number of anilines is 2. The van der Waals surface area contributed by atoms with Crippen molar-refractivity contribution in [1.29, 1.82) is 0 Å². The van der Waals surface area contributed by atoms with Gasteiger partial charge in [0, 0.05) is 27.2 Å². The van der Waals surface area contributed by atoms with Crippen LogP contribution < -0.4 is 21.9 Å². The number of thioether (sulfide) groups is 1. The summed E-state index contributed by atoms with van der Waals surface area (Å²) in [5.74, 6) is -0.113. The molecule has 12 heteroatoms. The van der Waals surface area contributed by atoms with Crippen molar-refractivity contribution in [2.75, 3.05) is 29.5 Å². The zero-order chi connectivity index (χ0) is 23.0. The number of nitrogen functional groups attached to an aromatic ring is 1. The van der Waals surface area contributed by atoms with Crippen molar-refractivity contribution in [2.45, 2.75) is 18.0 Å². The lowest BCUT2D eigenvalue weighted by Crippen LogP contribution is -2.41. The first kappa shape index (κ1) is 22.2. The standard InChI is InChI=1S/C20H22ClN7O3S/c1-25-16(22)15(17(30)26(2)20(25)31)14(29)11-32-19-24-23-18(27-9-5-6-10-27)28(19)13-8-4-3-7-12(13)21/h3-4,7-8H,5-6,9-11,22H2,1-2H3. The Balaban J connectivity index is 1.69. The van der Waals surface area contributed by atoms with Crippen molar-refractivity contribution in [3.63, 3.8) is 0 Å². The number of rotatable bonds is 6. The van der Waals surface area contributed by atoms with Gasteiger partial charge in [0.2, 0.25) is 5.95 Å². The molecule has 1 fully saturated rings. The van der Waals surface area contributed by atoms with Crippen molar-refractivity contribution in [3.05, 3.63) is 55.7 Å². The Morgan fingerprint density at radius 3 is 2.50 bits per heavy atom. The van der Waals surface area contributed by atoms with Gasteiger partial charge in [0.05, 0.1) is 16.5 Å². The average molecular weight is 476 g/mol. The monoisotopic (exact) mass is 475 g/mol. The van der Waals surface area contributed by atoms with Gasteiger partial charge in [-0.25, -0.2) is 4.79 Å². The number of carbonyl (C=O) groups is 1. The zero-order valence-electron chi connectivity index (χ0n) is 17.6. The number of hydrogen-bond acceptors (Lipinski definition) is 8. The summed E-state index contributed by atoms with van der Waals surface area (Å²) in [4.78, 5) is 39.6. The minimum Gasteiger partial charge on any atom is -0.384 e. The van der Waals surface area contributed by atoms with Crippen molar-refractivity contribution in [2.24, 2.45) is 14.1 Å². The molecule has 168 valence electrons. The molecular weight excluding hydrogens is 454 g/mol. The first-order chi connectivity index (χ1) is 15.3. The minimum absolute atomic E-state index is 0.111. The fourth-order valence-corrected chi connectivity index (χ4v) is 4.68. The number of nitrogens with two attached hydrogens (primary N) is 1. The molecule has 10 nitrogen and oxygen atoms in total. The number of hydrogen-bond donors (Lipinski definition) is 1. The summed E-state index contributed by atoms with van der Waals surface area (Å²) in [6.45, 7) is 1.72. The Morgan fingerprint density at radius 2 is 1.81 bits per heavy atom. The molecule has 0 saturated carbocycles. The molecule has 1 aliphatic rings. The molecule has 0 amide bonds. The molecule has 2 N–H and O–H groups in total. The molecular formula is C20H22ClN7O3S. The molecule has 1 aromatic carbocycles. The van der Waals surface area contributed by atoms with E-state index in [-0.39, 0.29) is 17.1 Å². The van der Waals surface area contributed by atoms with Crippen LogP contribution >= 0.6 is 23.4 Å². The second-order valence-corrected chi connectivity index (χ2v) is 8.79. The minimum atomic E-state index is -0.721. The highest BCUT2D eigenvalue weighted by Gasteiger charge is 2.25.